The van der Waals surface area contributed by atoms with E-state index in [2.05, 4.69) is 68.2 Å². The van der Waals surface area contributed by atoms with Crippen LogP contribution in [0.25, 0.3) is 10.9 Å². The summed E-state index contributed by atoms with van der Waals surface area (Å²) in [7, 11) is 0. The maximum absolute atomic E-state index is 13.4. The predicted octanol–water partition coefficient (Wildman–Crippen LogP) is 4.90. The predicted molar refractivity (Wildman–Crippen MR) is 135 cm³/mol. The van der Waals surface area contributed by atoms with Crippen molar-refractivity contribution in [2.45, 2.75) is 38.6 Å². The van der Waals surface area contributed by atoms with E-state index in [1.165, 1.54) is 41.4 Å². The lowest BCUT2D eigenvalue weighted by Gasteiger charge is -2.38. The molecule has 5 heteroatoms. The highest BCUT2D eigenvalue weighted by molar-refractivity contribution is 5.92. The molecule has 174 valence electrons. The van der Waals surface area contributed by atoms with Crippen LogP contribution in [-0.4, -0.2) is 60.0 Å². The average molecular weight is 445 g/mol. The Labute approximate surface area is 197 Å². The van der Waals surface area contributed by atoms with Gasteiger partial charge in [0.05, 0.1) is 0 Å². The van der Waals surface area contributed by atoms with Gasteiger partial charge in [-0.3, -0.25) is 9.69 Å². The van der Waals surface area contributed by atoms with Gasteiger partial charge in [-0.2, -0.15) is 0 Å². The molecule has 2 heterocycles. The number of hydrogen-bond acceptors (Lipinski definition) is 3. The maximum atomic E-state index is 13.4. The minimum Gasteiger partial charge on any atom is -0.368 e. The van der Waals surface area contributed by atoms with Gasteiger partial charge in [-0.05, 0) is 36.6 Å². The molecule has 1 saturated heterocycles. The second-order valence-electron chi connectivity index (χ2n) is 9.63. The number of hydrogen-bond donors (Lipinski definition) is 1. The number of nitrogens with one attached hydrogen (secondary N) is 1. The van der Waals surface area contributed by atoms with Gasteiger partial charge in [0, 0.05) is 74.5 Å². The summed E-state index contributed by atoms with van der Waals surface area (Å²) in [6, 6.07) is 19.2. The first kappa shape index (κ1) is 22.0. The highest BCUT2D eigenvalue weighted by atomic mass is 16.2. The number of H-pyrrole nitrogens is 1. The molecule has 0 bridgehead atoms. The maximum Gasteiger partial charge on any atom is 0.226 e. The lowest BCUT2D eigenvalue weighted by molar-refractivity contribution is -0.137. The van der Waals surface area contributed by atoms with E-state index in [0.717, 1.165) is 58.7 Å². The molecule has 1 aliphatic heterocycles. The van der Waals surface area contributed by atoms with Crippen molar-refractivity contribution < 1.29 is 4.79 Å². The summed E-state index contributed by atoms with van der Waals surface area (Å²) in [5.41, 5.74) is 3.75. The smallest absolute Gasteiger partial charge is 0.226 e. The van der Waals surface area contributed by atoms with Crippen molar-refractivity contribution in [3.63, 3.8) is 0 Å². The summed E-state index contributed by atoms with van der Waals surface area (Å²) in [6.07, 6.45) is 7.83. The Morgan fingerprint density at radius 2 is 1.70 bits per heavy atom. The number of aromatic amines is 1. The van der Waals surface area contributed by atoms with Crippen molar-refractivity contribution in [1.29, 1.82) is 0 Å². The number of amides is 1. The van der Waals surface area contributed by atoms with Gasteiger partial charge in [-0.25, -0.2) is 0 Å². The number of fused-ring (bicyclic) bond motifs is 1. The van der Waals surface area contributed by atoms with Crippen LogP contribution >= 0.6 is 0 Å². The first-order chi connectivity index (χ1) is 16.3. The molecular weight excluding hydrogens is 408 g/mol. The minimum atomic E-state index is 0.223. The molecule has 5 nitrogen and oxygen atoms in total. The number of nitrogens with zero attached hydrogens (tertiary/aromatic N) is 3. The normalized spacial score (nSPS) is 18.0. The Bertz CT molecular complexity index is 1030. The molecule has 2 aliphatic rings. The molecule has 5 rings (SSSR count). The lowest BCUT2D eigenvalue weighted by Crippen LogP contribution is -2.49. The van der Waals surface area contributed by atoms with Crippen LogP contribution in [0.5, 0.6) is 0 Å². The monoisotopic (exact) mass is 444 g/mol. The van der Waals surface area contributed by atoms with Gasteiger partial charge in [-0.15, -0.1) is 0 Å². The van der Waals surface area contributed by atoms with Gasteiger partial charge >= 0.3 is 0 Å². The fourth-order valence-corrected chi connectivity index (χ4v) is 5.50. The molecule has 2 fully saturated rings. The summed E-state index contributed by atoms with van der Waals surface area (Å²) < 4.78 is 0. The Balaban J connectivity index is 1.19. The molecule has 1 saturated carbocycles. The van der Waals surface area contributed by atoms with Crippen LogP contribution in [0.2, 0.25) is 0 Å². The summed E-state index contributed by atoms with van der Waals surface area (Å²) in [4.78, 5) is 23.9. The van der Waals surface area contributed by atoms with Gasteiger partial charge in [0.15, 0.2) is 0 Å². The van der Waals surface area contributed by atoms with Crippen molar-refractivity contribution >= 4 is 22.5 Å². The first-order valence-electron chi connectivity index (χ1n) is 12.6. The quantitative estimate of drug-likeness (QED) is 0.564. The SMILES string of the molecule is O=C(C1CCCCC1)N(CCN1CCN(c2cccc3[nH]ccc23)CC1)Cc1ccccc1. The van der Waals surface area contributed by atoms with Gasteiger partial charge in [0.1, 0.15) is 0 Å². The van der Waals surface area contributed by atoms with Crippen LogP contribution in [0.3, 0.4) is 0 Å². The number of carbonyl (C=O) groups is 1. The second-order valence-corrected chi connectivity index (χ2v) is 9.63. The number of piperazine rings is 1. The largest absolute Gasteiger partial charge is 0.368 e. The third-order valence-corrected chi connectivity index (χ3v) is 7.45. The van der Waals surface area contributed by atoms with Crippen molar-refractivity contribution in [1.82, 2.24) is 14.8 Å². The molecule has 0 unspecified atom stereocenters. The number of carbonyl (C=O) groups excluding carboxylic acids is 1. The van der Waals surface area contributed by atoms with E-state index >= 15 is 0 Å². The molecule has 2 aromatic carbocycles. The van der Waals surface area contributed by atoms with E-state index in [-0.39, 0.29) is 5.92 Å². The molecule has 33 heavy (non-hydrogen) atoms. The Kier molecular flexibility index (Phi) is 6.96. The molecule has 1 N–H and O–H groups in total. The van der Waals surface area contributed by atoms with Crippen LogP contribution in [0, 0.1) is 5.92 Å². The van der Waals surface area contributed by atoms with E-state index in [1.54, 1.807) is 0 Å². The second kappa shape index (κ2) is 10.4. The molecule has 0 spiro atoms. The van der Waals surface area contributed by atoms with E-state index in [4.69, 9.17) is 0 Å². The van der Waals surface area contributed by atoms with Gasteiger partial charge in [0.25, 0.3) is 0 Å². The third kappa shape index (κ3) is 5.25. The molecule has 1 aromatic heterocycles. The summed E-state index contributed by atoms with van der Waals surface area (Å²) in [5.74, 6) is 0.595. The van der Waals surface area contributed by atoms with E-state index in [0.29, 0.717) is 5.91 Å². The van der Waals surface area contributed by atoms with Crippen molar-refractivity contribution in [3.05, 3.63) is 66.4 Å². The minimum absolute atomic E-state index is 0.223. The third-order valence-electron chi connectivity index (χ3n) is 7.45. The fourth-order valence-electron chi connectivity index (χ4n) is 5.50. The van der Waals surface area contributed by atoms with Gasteiger partial charge in [-0.1, -0.05) is 55.7 Å². The average Bonchev–Trinajstić information content (AvgIpc) is 3.37. The molecular formula is C28H36N4O. The zero-order valence-electron chi connectivity index (χ0n) is 19.6. The lowest BCUT2D eigenvalue weighted by atomic mass is 9.88. The molecule has 3 aromatic rings. The standard InChI is InChI=1S/C28H36N4O/c33-28(24-10-5-2-6-11-24)32(22-23-8-3-1-4-9-23)21-18-30-16-19-31(20-17-30)27-13-7-12-26-25(27)14-15-29-26/h1,3-4,7-9,12-15,24,29H,2,5-6,10-11,16-22H2. The van der Waals surface area contributed by atoms with E-state index in [9.17, 15) is 4.79 Å². The van der Waals surface area contributed by atoms with Crippen LogP contribution in [-0.2, 0) is 11.3 Å². The zero-order chi connectivity index (χ0) is 22.5. The van der Waals surface area contributed by atoms with Crippen LogP contribution < -0.4 is 4.90 Å². The molecule has 1 aliphatic carbocycles. The Morgan fingerprint density at radius 3 is 2.48 bits per heavy atom. The number of aromatic nitrogens is 1. The topological polar surface area (TPSA) is 42.6 Å². The fraction of sp³-hybridized carbons (Fsp3) is 0.464. The van der Waals surface area contributed by atoms with Crippen LogP contribution in [0.15, 0.2) is 60.8 Å². The highest BCUT2D eigenvalue weighted by Gasteiger charge is 2.27. The highest BCUT2D eigenvalue weighted by Crippen LogP contribution is 2.28. The van der Waals surface area contributed by atoms with Crippen LogP contribution in [0.1, 0.15) is 37.7 Å². The Hall–Kier alpha value is -2.79. The first-order valence-corrected chi connectivity index (χ1v) is 12.6. The number of anilines is 1. The summed E-state index contributed by atoms with van der Waals surface area (Å²) in [5, 5.41) is 1.30. The molecule has 0 atom stereocenters. The van der Waals surface area contributed by atoms with Crippen molar-refractivity contribution in [2.24, 2.45) is 5.92 Å². The van der Waals surface area contributed by atoms with Gasteiger partial charge < -0.3 is 14.8 Å². The van der Waals surface area contributed by atoms with Crippen molar-refractivity contribution in [3.8, 4) is 0 Å². The van der Waals surface area contributed by atoms with Gasteiger partial charge in [0.2, 0.25) is 5.91 Å². The van der Waals surface area contributed by atoms with Crippen molar-refractivity contribution in [2.75, 3.05) is 44.2 Å². The Morgan fingerprint density at radius 1 is 0.909 bits per heavy atom. The number of benzene rings is 2. The van der Waals surface area contributed by atoms with Crippen LogP contribution in [0.4, 0.5) is 5.69 Å². The van der Waals surface area contributed by atoms with E-state index < -0.39 is 0 Å². The summed E-state index contributed by atoms with van der Waals surface area (Å²) >= 11 is 0. The molecule has 0 radical (unpaired) electrons. The summed E-state index contributed by atoms with van der Waals surface area (Å²) in [6.45, 7) is 6.63. The number of rotatable bonds is 7. The van der Waals surface area contributed by atoms with E-state index in [1.807, 2.05) is 12.3 Å². The molecule has 1 amide bonds. The zero-order valence-corrected chi connectivity index (χ0v) is 19.6.